The Balaban J connectivity index is 2.36. The highest BCUT2D eigenvalue weighted by Crippen LogP contribution is 2.42. The molecule has 3 rings (SSSR count). The molecule has 0 spiro atoms. The monoisotopic (exact) mass is 204 g/mol. The largest absolute Gasteiger partial charge is 0.281 e. The number of nitrogens with zero attached hydrogens (tertiary/aromatic N) is 1. The van der Waals surface area contributed by atoms with Crippen molar-refractivity contribution in [2.45, 2.75) is 25.7 Å². The number of aromatic amines is 1. The fraction of sp³-hybridized carbons (Fsp3) is 0.364. The smallest absolute Gasteiger partial charge is 0.0926 e. The number of nitrogens with one attached hydrogen (secondary N) is 1. The van der Waals surface area contributed by atoms with Gasteiger partial charge in [-0.25, -0.2) is 0 Å². The minimum absolute atomic E-state index is 0.741. The summed E-state index contributed by atoms with van der Waals surface area (Å²) in [6.07, 6.45) is 2.63. The van der Waals surface area contributed by atoms with Crippen molar-refractivity contribution >= 4 is 25.4 Å². The van der Waals surface area contributed by atoms with E-state index in [0.29, 0.717) is 0 Å². The Labute approximate surface area is 85.3 Å². The van der Waals surface area contributed by atoms with Gasteiger partial charge in [-0.05, 0) is 36.7 Å². The molecule has 1 unspecified atom stereocenters. The van der Waals surface area contributed by atoms with E-state index < -0.39 is 0 Å². The standard InChI is InChI=1S/C11H13N2P/c1-6-9(14)5-4-8-10(6)11(13-12-8)7-2-3-7/h4-5,7H,2-3,14H2,1H3,(H,12,13). The third-order valence-electron chi connectivity index (χ3n) is 3.04. The molecule has 2 nitrogen and oxygen atoms in total. The lowest BCUT2D eigenvalue weighted by Gasteiger charge is -2.02. The Hall–Kier alpha value is -0.880. The summed E-state index contributed by atoms with van der Waals surface area (Å²) in [6.45, 7) is 2.17. The highest BCUT2D eigenvalue weighted by molar-refractivity contribution is 7.27. The van der Waals surface area contributed by atoms with Crippen molar-refractivity contribution in [3.8, 4) is 0 Å². The van der Waals surface area contributed by atoms with Gasteiger partial charge >= 0.3 is 0 Å². The van der Waals surface area contributed by atoms with Crippen LogP contribution >= 0.6 is 9.24 Å². The molecule has 1 aliphatic rings. The first kappa shape index (κ1) is 8.43. The molecule has 1 aromatic heterocycles. The maximum atomic E-state index is 4.35. The van der Waals surface area contributed by atoms with E-state index in [4.69, 9.17) is 0 Å². The Morgan fingerprint density at radius 3 is 2.93 bits per heavy atom. The summed E-state index contributed by atoms with van der Waals surface area (Å²) >= 11 is 0. The van der Waals surface area contributed by atoms with Gasteiger partial charge in [0, 0.05) is 17.0 Å². The Bertz CT molecular complexity index is 497. The van der Waals surface area contributed by atoms with Crippen molar-refractivity contribution in [3.63, 3.8) is 0 Å². The van der Waals surface area contributed by atoms with Gasteiger partial charge in [0.1, 0.15) is 0 Å². The predicted octanol–water partition coefficient (Wildman–Crippen LogP) is 2.25. The average Bonchev–Trinajstić information content (AvgIpc) is 2.93. The highest BCUT2D eigenvalue weighted by atomic mass is 31.0. The maximum Gasteiger partial charge on any atom is 0.0926 e. The molecule has 1 saturated carbocycles. The molecule has 72 valence electrons. The zero-order valence-corrected chi connectivity index (χ0v) is 9.33. The topological polar surface area (TPSA) is 28.7 Å². The van der Waals surface area contributed by atoms with Crippen LogP contribution in [0.25, 0.3) is 10.9 Å². The summed E-state index contributed by atoms with van der Waals surface area (Å²) < 4.78 is 0. The first-order valence-electron chi connectivity index (χ1n) is 5.00. The molecule has 1 N–H and O–H groups in total. The Morgan fingerprint density at radius 2 is 2.21 bits per heavy atom. The number of aryl methyl sites for hydroxylation is 1. The molecule has 3 heteroatoms. The second kappa shape index (κ2) is 2.80. The van der Waals surface area contributed by atoms with Crippen molar-refractivity contribution in [1.29, 1.82) is 0 Å². The molecular formula is C11H13N2P. The van der Waals surface area contributed by atoms with E-state index >= 15 is 0 Å². The van der Waals surface area contributed by atoms with Crippen LogP contribution in [0.3, 0.4) is 0 Å². The fourth-order valence-electron chi connectivity index (χ4n) is 1.99. The molecule has 1 fully saturated rings. The Kier molecular flexibility index (Phi) is 1.69. The van der Waals surface area contributed by atoms with Gasteiger partial charge in [0.15, 0.2) is 0 Å². The summed E-state index contributed by atoms with van der Waals surface area (Å²) in [5.74, 6) is 0.741. The van der Waals surface area contributed by atoms with E-state index in [1.54, 1.807) is 0 Å². The predicted molar refractivity (Wildman–Crippen MR) is 62.1 cm³/mol. The van der Waals surface area contributed by atoms with Crippen LogP contribution in [-0.4, -0.2) is 10.2 Å². The van der Waals surface area contributed by atoms with Gasteiger partial charge < -0.3 is 0 Å². The maximum absolute atomic E-state index is 4.35. The van der Waals surface area contributed by atoms with Gasteiger partial charge in [0.2, 0.25) is 0 Å². The molecule has 14 heavy (non-hydrogen) atoms. The molecule has 1 heterocycles. The molecular weight excluding hydrogens is 191 g/mol. The van der Waals surface area contributed by atoms with E-state index in [1.807, 2.05) is 0 Å². The first-order valence-corrected chi connectivity index (χ1v) is 5.58. The third kappa shape index (κ3) is 1.10. The van der Waals surface area contributed by atoms with Crippen molar-refractivity contribution in [3.05, 3.63) is 23.4 Å². The van der Waals surface area contributed by atoms with E-state index in [9.17, 15) is 0 Å². The van der Waals surface area contributed by atoms with Gasteiger partial charge in [-0.3, -0.25) is 5.10 Å². The van der Waals surface area contributed by atoms with E-state index in [2.05, 4.69) is 38.5 Å². The van der Waals surface area contributed by atoms with Crippen LogP contribution in [-0.2, 0) is 0 Å². The average molecular weight is 204 g/mol. The molecule has 0 bridgehead atoms. The lowest BCUT2D eigenvalue weighted by Crippen LogP contribution is -1.97. The molecule has 0 radical (unpaired) electrons. The van der Waals surface area contributed by atoms with Crippen molar-refractivity contribution in [1.82, 2.24) is 10.2 Å². The number of benzene rings is 1. The number of rotatable bonds is 1. The van der Waals surface area contributed by atoms with Crippen LogP contribution in [0.5, 0.6) is 0 Å². The number of fused-ring (bicyclic) bond motifs is 1. The molecule has 0 aliphatic heterocycles. The van der Waals surface area contributed by atoms with Gasteiger partial charge in [-0.2, -0.15) is 5.10 Å². The van der Waals surface area contributed by atoms with Crippen LogP contribution in [0, 0.1) is 6.92 Å². The second-order valence-electron chi connectivity index (χ2n) is 4.09. The lowest BCUT2D eigenvalue weighted by molar-refractivity contribution is 0.978. The minimum atomic E-state index is 0.741. The number of hydrogen-bond donors (Lipinski definition) is 1. The third-order valence-corrected chi connectivity index (χ3v) is 3.66. The summed E-state index contributed by atoms with van der Waals surface area (Å²) in [6, 6.07) is 4.20. The first-order chi connectivity index (χ1) is 6.77. The van der Waals surface area contributed by atoms with E-state index in [-0.39, 0.29) is 0 Å². The second-order valence-corrected chi connectivity index (χ2v) is 4.71. The van der Waals surface area contributed by atoms with Crippen molar-refractivity contribution in [2.75, 3.05) is 0 Å². The van der Waals surface area contributed by atoms with Crippen LogP contribution in [0.1, 0.15) is 30.0 Å². The zero-order chi connectivity index (χ0) is 9.71. The van der Waals surface area contributed by atoms with E-state index in [0.717, 1.165) is 11.4 Å². The molecule has 1 aliphatic carbocycles. The van der Waals surface area contributed by atoms with Crippen LogP contribution in [0.2, 0.25) is 0 Å². The number of aromatic nitrogens is 2. The zero-order valence-electron chi connectivity index (χ0n) is 8.17. The molecule has 2 aromatic rings. The summed E-state index contributed by atoms with van der Waals surface area (Å²) in [4.78, 5) is 0. The molecule has 0 saturated heterocycles. The highest BCUT2D eigenvalue weighted by Gasteiger charge is 2.27. The van der Waals surface area contributed by atoms with E-state index in [1.165, 1.54) is 34.8 Å². The van der Waals surface area contributed by atoms with Gasteiger partial charge in [0.05, 0.1) is 5.52 Å². The van der Waals surface area contributed by atoms with Crippen molar-refractivity contribution in [2.24, 2.45) is 0 Å². The lowest BCUT2D eigenvalue weighted by atomic mass is 10.1. The number of hydrogen-bond acceptors (Lipinski definition) is 1. The number of H-pyrrole nitrogens is 1. The van der Waals surface area contributed by atoms with Gasteiger partial charge in [-0.1, -0.05) is 6.07 Å². The van der Waals surface area contributed by atoms with Gasteiger partial charge in [0.25, 0.3) is 0 Å². The quantitative estimate of drug-likeness (QED) is 0.709. The van der Waals surface area contributed by atoms with Gasteiger partial charge in [-0.15, -0.1) is 9.24 Å². The minimum Gasteiger partial charge on any atom is -0.281 e. The van der Waals surface area contributed by atoms with Crippen LogP contribution < -0.4 is 5.30 Å². The summed E-state index contributed by atoms with van der Waals surface area (Å²) in [5, 5.41) is 10.2. The van der Waals surface area contributed by atoms with Crippen LogP contribution in [0.4, 0.5) is 0 Å². The summed E-state index contributed by atoms with van der Waals surface area (Å²) in [7, 11) is 2.79. The fourth-order valence-corrected chi connectivity index (χ4v) is 2.23. The molecule has 1 atom stereocenters. The summed E-state index contributed by atoms with van der Waals surface area (Å²) in [5.41, 5.74) is 3.81. The van der Waals surface area contributed by atoms with Crippen molar-refractivity contribution < 1.29 is 0 Å². The normalized spacial score (nSPS) is 16.4. The SMILES string of the molecule is Cc1c(P)ccc2n[nH]c(C3CC3)c12. The van der Waals surface area contributed by atoms with Crippen LogP contribution in [0.15, 0.2) is 12.1 Å². The molecule has 1 aromatic carbocycles. The Morgan fingerprint density at radius 1 is 1.43 bits per heavy atom. The molecule has 0 amide bonds.